The molecule has 0 fully saturated rings. The summed E-state index contributed by atoms with van der Waals surface area (Å²) >= 11 is 0. The number of H-pyrrole nitrogens is 1. The lowest BCUT2D eigenvalue weighted by Gasteiger charge is -2.14. The van der Waals surface area contributed by atoms with Crippen LogP contribution in [0.15, 0.2) is 41.6 Å². The van der Waals surface area contributed by atoms with Crippen molar-refractivity contribution in [2.24, 2.45) is 0 Å². The number of nitrogens with one attached hydrogen (secondary N) is 2. The molecule has 14 heteroatoms. The van der Waals surface area contributed by atoms with Gasteiger partial charge in [-0.2, -0.15) is 10.4 Å². The summed E-state index contributed by atoms with van der Waals surface area (Å²) in [4.78, 5) is 6.86. The third-order valence-corrected chi connectivity index (χ3v) is 5.94. The highest BCUT2D eigenvalue weighted by atomic mass is 32.2. The average Bonchev–Trinajstić information content (AvgIpc) is 3.23. The van der Waals surface area contributed by atoms with Gasteiger partial charge in [0.15, 0.2) is 22.1 Å². The molecule has 34 heavy (non-hydrogen) atoms. The number of benzene rings is 1. The van der Waals surface area contributed by atoms with E-state index in [2.05, 4.69) is 20.2 Å². The summed E-state index contributed by atoms with van der Waals surface area (Å²) in [5, 5.41) is 15.7. The number of aromatic nitrogens is 4. The monoisotopic (exact) mass is 490 g/mol. The molecule has 0 saturated carbocycles. The van der Waals surface area contributed by atoms with Crippen LogP contribution in [0.2, 0.25) is 0 Å². The van der Waals surface area contributed by atoms with Gasteiger partial charge in [0.25, 0.3) is 10.0 Å². The molecule has 4 rings (SSSR count). The molecule has 0 saturated heterocycles. The average molecular weight is 490 g/mol. The lowest BCUT2D eigenvalue weighted by molar-refractivity contribution is 0.292. The highest BCUT2D eigenvalue weighted by Gasteiger charge is 2.25. The Hall–Kier alpha value is -4.38. The van der Waals surface area contributed by atoms with Gasteiger partial charge in [-0.3, -0.25) is 9.82 Å². The maximum absolute atomic E-state index is 15.0. The predicted molar refractivity (Wildman–Crippen MR) is 111 cm³/mol. The lowest BCUT2D eigenvalue weighted by atomic mass is 10.2. The Labute approximate surface area is 190 Å². The molecule has 3 heterocycles. The molecule has 4 aromatic rings. The largest absolute Gasteiger partial charge is 0.487 e. The Kier molecular flexibility index (Phi) is 5.95. The standard InChI is InChI=1S/C20H13F3N6O4S/c1-32-20-17(4-10(21)7-26-20)34(30,31)29-15-3-2-14(22)13(18(15)23)9-33-11-5-12-16(6-24)27-28-19(12)25-8-11/h2-5,7-8,29H,9H2,1H3,(H,25,27,28). The maximum atomic E-state index is 15.0. The number of fused-ring (bicyclic) bond motifs is 1. The predicted octanol–water partition coefficient (Wildman–Crippen LogP) is 3.03. The molecule has 0 atom stereocenters. The van der Waals surface area contributed by atoms with E-state index in [1.165, 1.54) is 12.3 Å². The third kappa shape index (κ3) is 4.28. The number of rotatable bonds is 7. The molecule has 0 aliphatic heterocycles. The van der Waals surface area contributed by atoms with Crippen LogP contribution >= 0.6 is 0 Å². The molecule has 1 aromatic carbocycles. The van der Waals surface area contributed by atoms with Crippen molar-refractivity contribution in [3.63, 3.8) is 0 Å². The van der Waals surface area contributed by atoms with Gasteiger partial charge in [-0.05, 0) is 18.2 Å². The Morgan fingerprint density at radius 2 is 1.97 bits per heavy atom. The topological polar surface area (TPSA) is 143 Å². The van der Waals surface area contributed by atoms with Crippen LogP contribution in [0.25, 0.3) is 11.0 Å². The van der Waals surface area contributed by atoms with Crippen LogP contribution in [0.1, 0.15) is 11.3 Å². The third-order valence-electron chi connectivity index (χ3n) is 4.58. The van der Waals surface area contributed by atoms with Gasteiger partial charge < -0.3 is 9.47 Å². The summed E-state index contributed by atoms with van der Waals surface area (Å²) in [6.07, 6.45) is 2.01. The van der Waals surface area contributed by atoms with Crippen molar-refractivity contribution in [1.82, 2.24) is 20.2 Å². The molecular weight excluding hydrogens is 477 g/mol. The van der Waals surface area contributed by atoms with Crippen LogP contribution in [-0.4, -0.2) is 35.7 Å². The zero-order chi connectivity index (χ0) is 24.5. The van der Waals surface area contributed by atoms with Crippen molar-refractivity contribution in [3.05, 3.63) is 65.4 Å². The Bertz CT molecular complexity index is 1550. The van der Waals surface area contributed by atoms with Crippen molar-refractivity contribution in [3.8, 4) is 17.7 Å². The molecule has 10 nitrogen and oxygen atoms in total. The second-order valence-corrected chi connectivity index (χ2v) is 8.34. The highest BCUT2D eigenvalue weighted by molar-refractivity contribution is 7.92. The number of anilines is 1. The normalized spacial score (nSPS) is 11.3. The molecule has 0 radical (unpaired) electrons. The fourth-order valence-corrected chi connectivity index (χ4v) is 4.16. The van der Waals surface area contributed by atoms with Crippen molar-refractivity contribution in [2.75, 3.05) is 11.8 Å². The zero-order valence-electron chi connectivity index (χ0n) is 17.1. The summed E-state index contributed by atoms with van der Waals surface area (Å²) in [7, 11) is -3.43. The minimum Gasteiger partial charge on any atom is -0.487 e. The second-order valence-electron chi connectivity index (χ2n) is 6.69. The Morgan fingerprint density at radius 3 is 2.71 bits per heavy atom. The first kappa shape index (κ1) is 22.8. The van der Waals surface area contributed by atoms with Crippen LogP contribution in [0.3, 0.4) is 0 Å². The van der Waals surface area contributed by atoms with Crippen molar-refractivity contribution >= 4 is 26.7 Å². The number of sulfonamides is 1. The molecule has 0 spiro atoms. The van der Waals surface area contributed by atoms with E-state index in [4.69, 9.17) is 14.7 Å². The molecule has 0 amide bonds. The first-order valence-electron chi connectivity index (χ1n) is 9.29. The Morgan fingerprint density at radius 1 is 1.18 bits per heavy atom. The van der Waals surface area contributed by atoms with Crippen molar-refractivity contribution < 1.29 is 31.1 Å². The number of methoxy groups -OCH3 is 1. The molecular formula is C20H13F3N6O4S. The molecule has 3 aromatic heterocycles. The smallest absolute Gasteiger partial charge is 0.267 e. The van der Waals surface area contributed by atoms with E-state index in [9.17, 15) is 17.2 Å². The van der Waals surface area contributed by atoms with Gasteiger partial charge in [0.05, 0.1) is 36.1 Å². The minimum absolute atomic E-state index is 0.0592. The van der Waals surface area contributed by atoms with Gasteiger partial charge in [0.2, 0.25) is 5.88 Å². The van der Waals surface area contributed by atoms with Gasteiger partial charge in [0.1, 0.15) is 30.1 Å². The van der Waals surface area contributed by atoms with Crippen LogP contribution in [0, 0.1) is 28.8 Å². The number of nitriles is 1. The minimum atomic E-state index is -4.56. The van der Waals surface area contributed by atoms with Crippen LogP contribution in [0.5, 0.6) is 11.6 Å². The molecule has 0 aliphatic carbocycles. The second kappa shape index (κ2) is 8.87. The molecule has 0 bridgehead atoms. The number of nitrogens with zero attached hydrogens (tertiary/aromatic N) is 4. The first-order valence-corrected chi connectivity index (χ1v) is 10.8. The number of ether oxygens (including phenoxy) is 2. The van der Waals surface area contributed by atoms with E-state index in [0.29, 0.717) is 17.1 Å². The van der Waals surface area contributed by atoms with Gasteiger partial charge in [-0.1, -0.05) is 0 Å². The summed E-state index contributed by atoms with van der Waals surface area (Å²) in [5.74, 6) is -3.54. The van der Waals surface area contributed by atoms with Gasteiger partial charge >= 0.3 is 0 Å². The fraction of sp³-hybridized carbons (Fsp3) is 0.100. The van der Waals surface area contributed by atoms with E-state index in [1.54, 1.807) is 0 Å². The summed E-state index contributed by atoms with van der Waals surface area (Å²) in [6.45, 7) is -0.634. The van der Waals surface area contributed by atoms with Crippen LogP contribution in [0.4, 0.5) is 18.9 Å². The number of hydrogen-bond acceptors (Lipinski definition) is 8. The number of aromatic amines is 1. The van der Waals surface area contributed by atoms with Gasteiger partial charge in [-0.25, -0.2) is 31.6 Å². The van der Waals surface area contributed by atoms with Crippen LogP contribution < -0.4 is 14.2 Å². The van der Waals surface area contributed by atoms with E-state index in [1.807, 2.05) is 10.8 Å². The van der Waals surface area contributed by atoms with E-state index < -0.39 is 56.1 Å². The summed E-state index contributed by atoms with van der Waals surface area (Å²) in [5.41, 5.74) is -0.817. The van der Waals surface area contributed by atoms with E-state index in [0.717, 1.165) is 25.4 Å². The quantitative estimate of drug-likeness (QED) is 0.402. The molecule has 0 aliphatic rings. The van der Waals surface area contributed by atoms with Gasteiger partial charge in [-0.15, -0.1) is 0 Å². The summed E-state index contributed by atoms with van der Waals surface area (Å²) in [6, 6.07) is 5.63. The number of halogens is 3. The lowest BCUT2D eigenvalue weighted by Crippen LogP contribution is -2.17. The van der Waals surface area contributed by atoms with Crippen molar-refractivity contribution in [2.45, 2.75) is 11.5 Å². The van der Waals surface area contributed by atoms with E-state index in [-0.39, 0.29) is 11.4 Å². The summed E-state index contributed by atoms with van der Waals surface area (Å²) < 4.78 is 80.4. The highest BCUT2D eigenvalue weighted by Crippen LogP contribution is 2.28. The number of hydrogen-bond donors (Lipinski definition) is 2. The zero-order valence-corrected chi connectivity index (χ0v) is 18.0. The molecule has 0 unspecified atom stereocenters. The Balaban J connectivity index is 1.61. The molecule has 174 valence electrons. The molecule has 2 N–H and O–H groups in total. The fourth-order valence-electron chi connectivity index (χ4n) is 2.97. The van der Waals surface area contributed by atoms with E-state index >= 15 is 4.39 Å². The van der Waals surface area contributed by atoms with Crippen LogP contribution in [-0.2, 0) is 16.6 Å². The van der Waals surface area contributed by atoms with Gasteiger partial charge in [0, 0.05) is 6.07 Å². The maximum Gasteiger partial charge on any atom is 0.267 e. The van der Waals surface area contributed by atoms with Crippen molar-refractivity contribution in [1.29, 1.82) is 5.26 Å². The number of pyridine rings is 2. The SMILES string of the molecule is COc1ncc(F)cc1S(=O)(=O)Nc1ccc(F)c(COc2cnc3[nH]nc(C#N)c3c2)c1F. The first-order chi connectivity index (χ1) is 16.2.